The Morgan fingerprint density at radius 1 is 1.46 bits per heavy atom. The first-order chi connectivity index (χ1) is 13.6. The summed E-state index contributed by atoms with van der Waals surface area (Å²) in [6.45, 7) is 1.33. The number of nitrogens with zero attached hydrogens (tertiary/aromatic N) is 2. The monoisotopic (exact) mass is 401 g/mol. The van der Waals surface area contributed by atoms with Crippen molar-refractivity contribution in [2.75, 3.05) is 32.2 Å². The minimum Gasteiger partial charge on any atom is -0.465 e. The van der Waals surface area contributed by atoms with E-state index in [1.807, 2.05) is 0 Å². The summed E-state index contributed by atoms with van der Waals surface area (Å²) in [5.74, 6) is 0.200. The highest BCUT2D eigenvalue weighted by atomic mass is 32.1. The van der Waals surface area contributed by atoms with Crippen LogP contribution in [0.15, 0.2) is 28.9 Å². The first kappa shape index (κ1) is 19.7. The number of carbonyl (C=O) groups is 2. The zero-order chi connectivity index (χ0) is 19.9. The fourth-order valence-corrected chi connectivity index (χ4v) is 3.98. The molecule has 1 aliphatic heterocycles. The van der Waals surface area contributed by atoms with E-state index < -0.39 is 6.09 Å². The predicted octanol–water partition coefficient (Wildman–Crippen LogP) is 3.01. The molecule has 0 aliphatic carbocycles. The Morgan fingerprint density at radius 3 is 3.04 bits per heavy atom. The average molecular weight is 401 g/mol. The van der Waals surface area contributed by atoms with E-state index in [1.54, 1.807) is 23.1 Å². The highest BCUT2D eigenvalue weighted by Gasteiger charge is 2.28. The Hall–Kier alpha value is -3.09. The third-order valence-corrected chi connectivity index (χ3v) is 5.25. The van der Waals surface area contributed by atoms with Gasteiger partial charge >= 0.3 is 6.09 Å². The lowest BCUT2D eigenvalue weighted by Crippen LogP contribution is -2.36. The molecule has 3 rings (SSSR count). The molecule has 9 heteroatoms. The number of ether oxygens (including phenoxy) is 2. The maximum atomic E-state index is 12.2. The summed E-state index contributed by atoms with van der Waals surface area (Å²) in [5.41, 5.74) is 1.32. The number of nitrogens with one attached hydrogen (secondary N) is 1. The second-order valence-electron chi connectivity index (χ2n) is 5.94. The second kappa shape index (κ2) is 9.21. The molecule has 2 aromatic rings. The zero-order valence-electron chi connectivity index (χ0n) is 15.3. The number of hydrogen-bond acceptors (Lipinski definition) is 7. The van der Waals surface area contributed by atoms with Crippen molar-refractivity contribution in [1.29, 1.82) is 5.26 Å². The molecule has 3 heterocycles. The minimum absolute atomic E-state index is 0.190. The molecule has 0 saturated heterocycles. The number of furan rings is 1. The maximum absolute atomic E-state index is 12.2. The van der Waals surface area contributed by atoms with Gasteiger partial charge in [0.05, 0.1) is 25.0 Å². The molecular formula is C19H19N3O5S. The highest BCUT2D eigenvalue weighted by molar-refractivity contribution is 7.16. The van der Waals surface area contributed by atoms with Crippen LogP contribution in [0.1, 0.15) is 21.8 Å². The van der Waals surface area contributed by atoms with Gasteiger partial charge in [-0.25, -0.2) is 4.79 Å². The summed E-state index contributed by atoms with van der Waals surface area (Å²) < 4.78 is 15.2. The van der Waals surface area contributed by atoms with Gasteiger partial charge in [0.25, 0.3) is 0 Å². The summed E-state index contributed by atoms with van der Waals surface area (Å²) in [5, 5.41) is 12.8. The van der Waals surface area contributed by atoms with Gasteiger partial charge in [-0.1, -0.05) is 0 Å². The summed E-state index contributed by atoms with van der Waals surface area (Å²) >= 11 is 1.30. The molecule has 0 fully saturated rings. The quantitative estimate of drug-likeness (QED) is 0.589. The van der Waals surface area contributed by atoms with Gasteiger partial charge in [0.1, 0.15) is 23.4 Å². The molecule has 28 heavy (non-hydrogen) atoms. The SMILES string of the molecule is COCCOC(=O)N1CCc2c(sc(NC(=O)C=Cc3ccco3)c2C#N)C1. The zero-order valence-corrected chi connectivity index (χ0v) is 16.1. The Balaban J connectivity index is 1.68. The fraction of sp³-hybridized carbons (Fsp3) is 0.316. The number of carbonyl (C=O) groups excluding carboxylic acids is 2. The smallest absolute Gasteiger partial charge is 0.410 e. The van der Waals surface area contributed by atoms with Crippen LogP contribution in [-0.4, -0.2) is 43.8 Å². The lowest BCUT2D eigenvalue weighted by Gasteiger charge is -2.26. The van der Waals surface area contributed by atoms with Crippen molar-refractivity contribution < 1.29 is 23.5 Å². The molecule has 1 N–H and O–H groups in total. The van der Waals surface area contributed by atoms with Crippen molar-refractivity contribution >= 4 is 34.4 Å². The number of amides is 2. The number of thiophene rings is 1. The van der Waals surface area contributed by atoms with Crippen molar-refractivity contribution in [3.8, 4) is 6.07 Å². The van der Waals surface area contributed by atoms with Gasteiger partial charge in [0, 0.05) is 24.6 Å². The van der Waals surface area contributed by atoms with Crippen molar-refractivity contribution in [1.82, 2.24) is 4.90 Å². The highest BCUT2D eigenvalue weighted by Crippen LogP contribution is 2.36. The second-order valence-corrected chi connectivity index (χ2v) is 7.04. The van der Waals surface area contributed by atoms with Crippen LogP contribution in [0.2, 0.25) is 0 Å². The van der Waals surface area contributed by atoms with Gasteiger partial charge in [-0.05, 0) is 30.2 Å². The first-order valence-corrected chi connectivity index (χ1v) is 9.42. The van der Waals surface area contributed by atoms with Crippen molar-refractivity contribution in [2.24, 2.45) is 0 Å². The Kier molecular flexibility index (Phi) is 6.47. The third-order valence-electron chi connectivity index (χ3n) is 4.12. The van der Waals surface area contributed by atoms with E-state index >= 15 is 0 Å². The summed E-state index contributed by atoms with van der Waals surface area (Å²) in [6, 6.07) is 5.62. The van der Waals surface area contributed by atoms with E-state index in [2.05, 4.69) is 11.4 Å². The molecule has 2 aromatic heterocycles. The Morgan fingerprint density at radius 2 is 2.32 bits per heavy atom. The number of hydrogen-bond donors (Lipinski definition) is 1. The van der Waals surface area contributed by atoms with Gasteiger partial charge in [0.15, 0.2) is 0 Å². The van der Waals surface area contributed by atoms with Gasteiger partial charge in [-0.15, -0.1) is 11.3 Å². The summed E-state index contributed by atoms with van der Waals surface area (Å²) in [4.78, 5) is 26.7. The van der Waals surface area contributed by atoms with Crippen LogP contribution < -0.4 is 5.32 Å². The van der Waals surface area contributed by atoms with Crippen LogP contribution in [0.3, 0.4) is 0 Å². The van der Waals surface area contributed by atoms with E-state index in [1.165, 1.54) is 30.8 Å². The molecular weight excluding hydrogens is 382 g/mol. The molecule has 146 valence electrons. The summed E-state index contributed by atoms with van der Waals surface area (Å²) in [7, 11) is 1.54. The topological polar surface area (TPSA) is 105 Å². The van der Waals surface area contributed by atoms with Crippen LogP contribution in [0.5, 0.6) is 0 Å². The molecule has 0 atom stereocenters. The largest absolute Gasteiger partial charge is 0.465 e. The fourth-order valence-electron chi connectivity index (χ4n) is 2.77. The lowest BCUT2D eigenvalue weighted by molar-refractivity contribution is -0.111. The first-order valence-electron chi connectivity index (χ1n) is 8.60. The Labute approximate surface area is 165 Å². The molecule has 2 amide bonds. The minimum atomic E-state index is -0.415. The van der Waals surface area contributed by atoms with Gasteiger partial charge < -0.3 is 24.1 Å². The Bertz CT molecular complexity index is 911. The molecule has 0 unspecified atom stereocenters. The predicted molar refractivity (Wildman–Crippen MR) is 103 cm³/mol. The van der Waals surface area contributed by atoms with Crippen LogP contribution in [0, 0.1) is 11.3 Å². The van der Waals surface area contributed by atoms with Crippen LogP contribution in [-0.2, 0) is 27.2 Å². The van der Waals surface area contributed by atoms with E-state index in [0.29, 0.717) is 42.4 Å². The van der Waals surface area contributed by atoms with Gasteiger partial charge in [-0.3, -0.25) is 4.79 Å². The molecule has 0 radical (unpaired) electrons. The number of nitriles is 1. The maximum Gasteiger partial charge on any atom is 0.410 e. The molecule has 1 aliphatic rings. The normalized spacial score (nSPS) is 13.2. The number of anilines is 1. The van der Waals surface area contributed by atoms with Crippen LogP contribution >= 0.6 is 11.3 Å². The van der Waals surface area contributed by atoms with Crippen molar-refractivity contribution in [3.63, 3.8) is 0 Å². The van der Waals surface area contributed by atoms with E-state index in [-0.39, 0.29) is 12.5 Å². The van der Waals surface area contributed by atoms with E-state index in [0.717, 1.165) is 10.4 Å². The van der Waals surface area contributed by atoms with Crippen molar-refractivity contribution in [3.05, 3.63) is 46.2 Å². The number of fused-ring (bicyclic) bond motifs is 1. The van der Waals surface area contributed by atoms with Crippen molar-refractivity contribution in [2.45, 2.75) is 13.0 Å². The molecule has 0 spiro atoms. The molecule has 0 bridgehead atoms. The lowest BCUT2D eigenvalue weighted by atomic mass is 10.0. The summed E-state index contributed by atoms with van der Waals surface area (Å²) in [6.07, 6.45) is 4.53. The average Bonchev–Trinajstić information content (AvgIpc) is 3.33. The number of rotatable bonds is 6. The molecule has 0 saturated carbocycles. The van der Waals surface area contributed by atoms with Gasteiger partial charge in [0.2, 0.25) is 5.91 Å². The van der Waals surface area contributed by atoms with E-state index in [9.17, 15) is 14.9 Å². The molecule has 8 nitrogen and oxygen atoms in total. The molecule has 0 aromatic carbocycles. The van der Waals surface area contributed by atoms with Crippen LogP contribution in [0.25, 0.3) is 6.08 Å². The van der Waals surface area contributed by atoms with Crippen LogP contribution in [0.4, 0.5) is 9.80 Å². The number of methoxy groups -OCH3 is 1. The van der Waals surface area contributed by atoms with E-state index in [4.69, 9.17) is 13.9 Å². The van der Waals surface area contributed by atoms with Gasteiger partial charge in [-0.2, -0.15) is 5.26 Å². The third kappa shape index (κ3) is 4.60. The standard InChI is InChI=1S/C19H19N3O5S/c1-25-9-10-27-19(24)22-7-6-14-15(11-20)18(28-16(14)12-22)21-17(23)5-4-13-3-2-8-26-13/h2-5,8H,6-7,9-10,12H2,1H3,(H,21,23).